The number of halogens is 2. The lowest BCUT2D eigenvalue weighted by Gasteiger charge is -2.22. The van der Waals surface area contributed by atoms with Gasteiger partial charge in [-0.05, 0) is 24.3 Å². The summed E-state index contributed by atoms with van der Waals surface area (Å²) >= 11 is 9.34. The fourth-order valence-electron chi connectivity index (χ4n) is 1.98. The second-order valence-corrected chi connectivity index (χ2v) is 7.88. The second-order valence-electron chi connectivity index (χ2n) is 4.59. The number of anilines is 1. The molecule has 0 saturated heterocycles. The first-order valence-corrected chi connectivity index (χ1v) is 9.08. The van der Waals surface area contributed by atoms with Crippen molar-refractivity contribution in [1.29, 1.82) is 0 Å². The molecule has 0 aliphatic heterocycles. The average Bonchev–Trinajstić information content (AvgIpc) is 2.54. The fourth-order valence-corrected chi connectivity index (χ4v) is 3.68. The normalized spacial score (nSPS) is 11.2. The topological polar surface area (TPSA) is 55.8 Å². The van der Waals surface area contributed by atoms with Gasteiger partial charge in [0.1, 0.15) is 11.5 Å². The van der Waals surface area contributed by atoms with Gasteiger partial charge in [0.15, 0.2) is 0 Å². The first-order valence-electron chi connectivity index (χ1n) is 6.47. The Labute approximate surface area is 149 Å². The van der Waals surface area contributed by atoms with Gasteiger partial charge in [-0.15, -0.1) is 0 Å². The highest BCUT2D eigenvalue weighted by atomic mass is 79.9. The fraction of sp³-hybridized carbons (Fsp3) is 0.200. The van der Waals surface area contributed by atoms with Gasteiger partial charge in [0.05, 0.1) is 29.8 Å². The molecule has 0 aliphatic rings. The molecule has 0 aliphatic carbocycles. The minimum absolute atomic E-state index is 0.166. The van der Waals surface area contributed by atoms with E-state index in [4.69, 9.17) is 21.1 Å². The molecule has 124 valence electrons. The van der Waals surface area contributed by atoms with Gasteiger partial charge in [0.25, 0.3) is 10.0 Å². The third-order valence-electron chi connectivity index (χ3n) is 3.26. The molecule has 2 rings (SSSR count). The Morgan fingerprint density at radius 3 is 2.13 bits per heavy atom. The standard InChI is InChI=1S/C15H15BrClNO4S/c1-18(23(19,20)11-6-4-10(16)5-7-11)13-9-14(21-2)12(17)8-15(13)22-3/h4-9H,1-3H3. The molecular formula is C15H15BrClNO4S. The number of sulfonamides is 1. The number of hydrogen-bond acceptors (Lipinski definition) is 4. The molecule has 23 heavy (non-hydrogen) atoms. The maximum Gasteiger partial charge on any atom is 0.264 e. The maximum atomic E-state index is 12.8. The van der Waals surface area contributed by atoms with E-state index < -0.39 is 10.0 Å². The number of rotatable bonds is 5. The SMILES string of the molecule is COc1cc(N(C)S(=O)(=O)c2ccc(Br)cc2)c(OC)cc1Cl. The summed E-state index contributed by atoms with van der Waals surface area (Å²) in [5.74, 6) is 0.694. The minimum Gasteiger partial charge on any atom is -0.495 e. The van der Waals surface area contributed by atoms with Gasteiger partial charge in [-0.25, -0.2) is 8.42 Å². The van der Waals surface area contributed by atoms with E-state index in [1.165, 1.54) is 45.5 Å². The largest absolute Gasteiger partial charge is 0.495 e. The van der Waals surface area contributed by atoms with E-state index in [9.17, 15) is 8.42 Å². The lowest BCUT2D eigenvalue weighted by Crippen LogP contribution is -2.27. The van der Waals surface area contributed by atoms with Crippen molar-refractivity contribution >= 4 is 43.2 Å². The molecule has 0 N–H and O–H groups in total. The summed E-state index contributed by atoms with van der Waals surface area (Å²) < 4.78 is 37.9. The summed E-state index contributed by atoms with van der Waals surface area (Å²) in [7, 11) is 0.607. The Morgan fingerprint density at radius 2 is 1.61 bits per heavy atom. The molecule has 0 radical (unpaired) electrons. The molecule has 5 nitrogen and oxygen atoms in total. The lowest BCUT2D eigenvalue weighted by molar-refractivity contribution is 0.404. The molecule has 8 heteroatoms. The molecule has 0 unspecified atom stereocenters. The monoisotopic (exact) mass is 419 g/mol. The summed E-state index contributed by atoms with van der Waals surface area (Å²) in [5.41, 5.74) is 0.330. The third-order valence-corrected chi connectivity index (χ3v) is 5.87. The molecule has 2 aromatic carbocycles. The van der Waals surface area contributed by atoms with E-state index in [-0.39, 0.29) is 4.90 Å². The van der Waals surface area contributed by atoms with Crippen molar-refractivity contribution in [2.75, 3.05) is 25.6 Å². The maximum absolute atomic E-state index is 12.8. The minimum atomic E-state index is -3.75. The van der Waals surface area contributed by atoms with Crippen molar-refractivity contribution in [3.8, 4) is 11.5 Å². The van der Waals surface area contributed by atoms with E-state index in [0.29, 0.717) is 22.2 Å². The van der Waals surface area contributed by atoms with Crippen LogP contribution in [0.4, 0.5) is 5.69 Å². The molecule has 0 atom stereocenters. The van der Waals surface area contributed by atoms with Gasteiger partial charge in [0, 0.05) is 23.7 Å². The molecular weight excluding hydrogens is 406 g/mol. The van der Waals surface area contributed by atoms with Crippen molar-refractivity contribution in [1.82, 2.24) is 0 Å². The van der Waals surface area contributed by atoms with Crippen LogP contribution in [0.2, 0.25) is 5.02 Å². The van der Waals surface area contributed by atoms with E-state index in [2.05, 4.69) is 15.9 Å². The van der Waals surface area contributed by atoms with Crippen molar-refractivity contribution in [3.63, 3.8) is 0 Å². The third kappa shape index (κ3) is 3.57. The second kappa shape index (κ2) is 6.98. The predicted molar refractivity (Wildman–Crippen MR) is 94.3 cm³/mol. The van der Waals surface area contributed by atoms with Crippen LogP contribution in [0, 0.1) is 0 Å². The summed E-state index contributed by atoms with van der Waals surface area (Å²) in [6.45, 7) is 0. The molecule has 0 aromatic heterocycles. The van der Waals surface area contributed by atoms with Crippen LogP contribution in [0.15, 0.2) is 45.8 Å². The molecule has 0 saturated carbocycles. The van der Waals surface area contributed by atoms with E-state index in [0.717, 1.165) is 8.78 Å². The highest BCUT2D eigenvalue weighted by Gasteiger charge is 2.25. The zero-order valence-electron chi connectivity index (χ0n) is 12.7. The molecule has 0 spiro atoms. The molecule has 2 aromatic rings. The van der Waals surface area contributed by atoms with Crippen molar-refractivity contribution in [2.24, 2.45) is 0 Å². The molecule has 0 fully saturated rings. The number of benzene rings is 2. The zero-order chi connectivity index (χ0) is 17.2. The lowest BCUT2D eigenvalue weighted by atomic mass is 10.2. The number of nitrogens with zero attached hydrogens (tertiary/aromatic N) is 1. The first-order chi connectivity index (χ1) is 10.8. The van der Waals surface area contributed by atoms with Gasteiger partial charge < -0.3 is 9.47 Å². The summed E-state index contributed by atoms with van der Waals surface area (Å²) in [5, 5.41) is 0.336. The Morgan fingerprint density at radius 1 is 1.04 bits per heavy atom. The summed E-state index contributed by atoms with van der Waals surface area (Å²) in [6.07, 6.45) is 0. The van der Waals surface area contributed by atoms with Crippen LogP contribution in [-0.2, 0) is 10.0 Å². The Kier molecular flexibility index (Phi) is 5.44. The molecule has 0 bridgehead atoms. The van der Waals surface area contributed by atoms with Crippen LogP contribution in [0.25, 0.3) is 0 Å². The Balaban J connectivity index is 2.54. The van der Waals surface area contributed by atoms with Crippen molar-refractivity contribution in [3.05, 3.63) is 45.9 Å². The van der Waals surface area contributed by atoms with Crippen LogP contribution >= 0.6 is 27.5 Å². The highest BCUT2D eigenvalue weighted by Crippen LogP contribution is 2.39. The van der Waals surface area contributed by atoms with Crippen LogP contribution in [0.3, 0.4) is 0 Å². The quantitative estimate of drug-likeness (QED) is 0.735. The average molecular weight is 421 g/mol. The van der Waals surface area contributed by atoms with Gasteiger partial charge in [-0.1, -0.05) is 27.5 Å². The van der Waals surface area contributed by atoms with Gasteiger partial charge in [-0.2, -0.15) is 0 Å². The van der Waals surface area contributed by atoms with Crippen molar-refractivity contribution in [2.45, 2.75) is 4.90 Å². The molecule has 0 amide bonds. The van der Waals surface area contributed by atoms with Crippen LogP contribution < -0.4 is 13.8 Å². The Bertz CT molecular complexity index is 809. The van der Waals surface area contributed by atoms with Crippen LogP contribution in [0.5, 0.6) is 11.5 Å². The van der Waals surface area contributed by atoms with E-state index >= 15 is 0 Å². The van der Waals surface area contributed by atoms with Crippen LogP contribution in [0.1, 0.15) is 0 Å². The van der Waals surface area contributed by atoms with E-state index in [1.807, 2.05) is 0 Å². The highest BCUT2D eigenvalue weighted by molar-refractivity contribution is 9.10. The number of methoxy groups -OCH3 is 2. The van der Waals surface area contributed by atoms with Crippen LogP contribution in [-0.4, -0.2) is 29.7 Å². The predicted octanol–water partition coefficient (Wildman–Crippen LogP) is 3.94. The number of hydrogen-bond donors (Lipinski definition) is 0. The summed E-state index contributed by atoms with van der Waals surface area (Å²) in [4.78, 5) is 0.166. The number of ether oxygens (including phenoxy) is 2. The molecule has 0 heterocycles. The Hall–Kier alpha value is -1.44. The smallest absolute Gasteiger partial charge is 0.264 e. The first kappa shape index (κ1) is 17.9. The summed E-state index contributed by atoms with van der Waals surface area (Å²) in [6, 6.07) is 9.42. The zero-order valence-corrected chi connectivity index (χ0v) is 15.9. The van der Waals surface area contributed by atoms with Gasteiger partial charge in [-0.3, -0.25) is 4.31 Å². The van der Waals surface area contributed by atoms with Gasteiger partial charge in [0.2, 0.25) is 0 Å². The van der Waals surface area contributed by atoms with Crippen molar-refractivity contribution < 1.29 is 17.9 Å². The van der Waals surface area contributed by atoms with E-state index in [1.54, 1.807) is 12.1 Å². The van der Waals surface area contributed by atoms with Gasteiger partial charge >= 0.3 is 0 Å².